The number of likely N-dealkylation sites (N-methyl/N-ethyl adjacent to an activating group) is 1. The van der Waals surface area contributed by atoms with Crippen LogP contribution in [0.1, 0.15) is 20.8 Å². The van der Waals surface area contributed by atoms with E-state index >= 15 is 0 Å². The van der Waals surface area contributed by atoms with Crippen LogP contribution in [0.25, 0.3) is 0 Å². The summed E-state index contributed by atoms with van der Waals surface area (Å²) in [5.74, 6) is 0.142. The molecule has 0 saturated heterocycles. The highest BCUT2D eigenvalue weighted by Crippen LogP contribution is 2.07. The second kappa shape index (κ2) is 8.00. The highest BCUT2D eigenvalue weighted by atomic mass is 32.2. The van der Waals surface area contributed by atoms with Crippen LogP contribution in [0, 0.1) is 0 Å². The molecule has 0 saturated carbocycles. The Morgan fingerprint density at radius 2 is 2.00 bits per heavy atom. The lowest BCUT2D eigenvalue weighted by Gasteiger charge is -2.26. The van der Waals surface area contributed by atoms with Gasteiger partial charge < -0.3 is 10.1 Å². The van der Waals surface area contributed by atoms with Gasteiger partial charge in [0.1, 0.15) is 0 Å². The van der Waals surface area contributed by atoms with Crippen molar-refractivity contribution in [3.63, 3.8) is 0 Å². The van der Waals surface area contributed by atoms with Gasteiger partial charge in [-0.05, 0) is 13.5 Å². The van der Waals surface area contributed by atoms with E-state index in [4.69, 9.17) is 4.74 Å². The van der Waals surface area contributed by atoms with Gasteiger partial charge in [0.05, 0.1) is 12.4 Å². The third-order valence-corrected chi connectivity index (χ3v) is 4.41. The lowest BCUT2D eigenvalue weighted by atomic mass is 10.4. The molecule has 0 bridgehead atoms. The monoisotopic (exact) mass is 252 g/mol. The van der Waals surface area contributed by atoms with Gasteiger partial charge in [-0.3, -0.25) is 0 Å². The topological polar surface area (TPSA) is 58.6 Å². The van der Waals surface area contributed by atoms with Gasteiger partial charge in [0.15, 0.2) is 0 Å². The van der Waals surface area contributed by atoms with Crippen molar-refractivity contribution < 1.29 is 13.2 Å². The molecule has 1 unspecified atom stereocenters. The van der Waals surface area contributed by atoms with Gasteiger partial charge in [0.2, 0.25) is 10.0 Å². The Hall–Kier alpha value is -0.170. The zero-order chi connectivity index (χ0) is 12.6. The second-order valence-corrected chi connectivity index (χ2v) is 5.72. The summed E-state index contributed by atoms with van der Waals surface area (Å²) in [6.07, 6.45) is 0. The van der Waals surface area contributed by atoms with E-state index in [1.54, 1.807) is 7.11 Å². The fourth-order valence-electron chi connectivity index (χ4n) is 1.60. The molecule has 5 nitrogen and oxygen atoms in total. The zero-order valence-electron chi connectivity index (χ0n) is 10.7. The fourth-order valence-corrected chi connectivity index (χ4v) is 3.24. The normalized spacial score (nSPS) is 14.3. The molecule has 0 aliphatic rings. The third kappa shape index (κ3) is 5.25. The molecule has 16 heavy (non-hydrogen) atoms. The van der Waals surface area contributed by atoms with Crippen LogP contribution < -0.4 is 5.32 Å². The lowest BCUT2D eigenvalue weighted by molar-refractivity contribution is 0.142. The number of rotatable bonds is 9. The number of hydrogen-bond donors (Lipinski definition) is 1. The molecule has 0 aromatic heterocycles. The van der Waals surface area contributed by atoms with Crippen molar-refractivity contribution in [1.29, 1.82) is 0 Å². The van der Waals surface area contributed by atoms with Crippen molar-refractivity contribution in [3.05, 3.63) is 0 Å². The van der Waals surface area contributed by atoms with E-state index in [1.165, 1.54) is 4.31 Å². The van der Waals surface area contributed by atoms with Crippen molar-refractivity contribution in [2.75, 3.05) is 39.1 Å². The molecular weight excluding hydrogens is 228 g/mol. The molecular formula is C10H24N2O3S. The average molecular weight is 252 g/mol. The molecule has 0 spiro atoms. The minimum atomic E-state index is -3.18. The number of hydrogen-bond acceptors (Lipinski definition) is 4. The maximum atomic E-state index is 12.0. The zero-order valence-corrected chi connectivity index (χ0v) is 11.5. The predicted molar refractivity (Wildman–Crippen MR) is 66.0 cm³/mol. The first-order chi connectivity index (χ1) is 7.49. The molecule has 1 N–H and O–H groups in total. The second-order valence-electron chi connectivity index (χ2n) is 3.68. The van der Waals surface area contributed by atoms with E-state index in [2.05, 4.69) is 5.32 Å². The van der Waals surface area contributed by atoms with Gasteiger partial charge in [-0.1, -0.05) is 13.8 Å². The van der Waals surface area contributed by atoms with Crippen molar-refractivity contribution >= 4 is 10.0 Å². The Labute approximate surface area is 99.2 Å². The van der Waals surface area contributed by atoms with Crippen molar-refractivity contribution in [2.45, 2.75) is 26.8 Å². The number of ether oxygens (including phenoxy) is 1. The van der Waals surface area contributed by atoms with Crippen LogP contribution in [0.2, 0.25) is 0 Å². The van der Waals surface area contributed by atoms with Gasteiger partial charge in [0, 0.05) is 26.2 Å². The average Bonchev–Trinajstić information content (AvgIpc) is 2.18. The van der Waals surface area contributed by atoms with Crippen LogP contribution in [0.5, 0.6) is 0 Å². The van der Waals surface area contributed by atoms with Gasteiger partial charge >= 0.3 is 0 Å². The van der Waals surface area contributed by atoms with Crippen molar-refractivity contribution in [2.24, 2.45) is 0 Å². The Morgan fingerprint density at radius 1 is 1.38 bits per heavy atom. The molecule has 6 heteroatoms. The van der Waals surface area contributed by atoms with E-state index in [0.29, 0.717) is 19.7 Å². The molecule has 0 aromatic carbocycles. The molecule has 0 aromatic rings. The summed E-state index contributed by atoms with van der Waals surface area (Å²) < 4.78 is 30.4. The fraction of sp³-hybridized carbons (Fsp3) is 1.00. The van der Waals surface area contributed by atoms with Crippen LogP contribution in [-0.2, 0) is 14.8 Å². The van der Waals surface area contributed by atoms with Crippen LogP contribution in [0.15, 0.2) is 0 Å². The van der Waals surface area contributed by atoms with E-state index in [9.17, 15) is 8.42 Å². The first kappa shape index (κ1) is 15.8. The van der Waals surface area contributed by atoms with E-state index in [0.717, 1.165) is 6.54 Å². The van der Waals surface area contributed by atoms with Crippen LogP contribution in [-0.4, -0.2) is 57.9 Å². The smallest absolute Gasteiger partial charge is 0.215 e. The summed E-state index contributed by atoms with van der Waals surface area (Å²) in [5, 5.41) is 3.02. The van der Waals surface area contributed by atoms with E-state index < -0.39 is 10.0 Å². The summed E-state index contributed by atoms with van der Waals surface area (Å²) in [6, 6.07) is -0.110. The van der Waals surface area contributed by atoms with Crippen molar-refractivity contribution in [3.8, 4) is 0 Å². The summed E-state index contributed by atoms with van der Waals surface area (Å²) in [4.78, 5) is 0. The SMILES string of the molecule is CCNCCS(=O)(=O)N(CC)C(C)COC. The number of methoxy groups -OCH3 is 1. The molecule has 1 atom stereocenters. The Morgan fingerprint density at radius 3 is 2.44 bits per heavy atom. The maximum Gasteiger partial charge on any atom is 0.215 e. The molecule has 0 aliphatic carbocycles. The largest absolute Gasteiger partial charge is 0.383 e. The molecule has 0 amide bonds. The van der Waals surface area contributed by atoms with Crippen LogP contribution in [0.3, 0.4) is 0 Å². The molecule has 0 heterocycles. The maximum absolute atomic E-state index is 12.0. The van der Waals surface area contributed by atoms with Gasteiger partial charge in [-0.2, -0.15) is 4.31 Å². The van der Waals surface area contributed by atoms with E-state index in [1.807, 2.05) is 20.8 Å². The number of sulfonamides is 1. The molecule has 98 valence electrons. The quantitative estimate of drug-likeness (QED) is 0.599. The molecule has 0 fully saturated rings. The van der Waals surface area contributed by atoms with E-state index in [-0.39, 0.29) is 11.8 Å². The molecule has 0 aliphatic heterocycles. The predicted octanol–water partition coefficient (Wildman–Crippen LogP) is 0.283. The first-order valence-electron chi connectivity index (χ1n) is 5.68. The summed E-state index contributed by atoms with van der Waals surface area (Å²) in [5.41, 5.74) is 0. The highest BCUT2D eigenvalue weighted by molar-refractivity contribution is 7.89. The Balaban J connectivity index is 4.42. The highest BCUT2D eigenvalue weighted by Gasteiger charge is 2.24. The Bertz CT molecular complexity index is 267. The standard InChI is InChI=1S/C10H24N2O3S/c1-5-11-7-8-16(13,14)12(6-2)10(3)9-15-4/h10-11H,5-9H2,1-4H3. The first-order valence-corrected chi connectivity index (χ1v) is 7.29. The van der Waals surface area contributed by atoms with Crippen LogP contribution >= 0.6 is 0 Å². The van der Waals surface area contributed by atoms with Crippen LogP contribution in [0.4, 0.5) is 0 Å². The van der Waals surface area contributed by atoms with Crippen molar-refractivity contribution in [1.82, 2.24) is 9.62 Å². The van der Waals surface area contributed by atoms with Gasteiger partial charge in [0.25, 0.3) is 0 Å². The Kier molecular flexibility index (Phi) is 7.91. The summed E-state index contributed by atoms with van der Waals surface area (Å²) >= 11 is 0. The molecule has 0 rings (SSSR count). The molecule has 0 radical (unpaired) electrons. The third-order valence-electron chi connectivity index (χ3n) is 2.36. The van der Waals surface area contributed by atoms with Gasteiger partial charge in [-0.15, -0.1) is 0 Å². The number of nitrogens with zero attached hydrogens (tertiary/aromatic N) is 1. The minimum Gasteiger partial charge on any atom is -0.383 e. The summed E-state index contributed by atoms with van der Waals surface area (Å²) in [7, 11) is -1.60. The minimum absolute atomic E-state index is 0.110. The lowest BCUT2D eigenvalue weighted by Crippen LogP contribution is -2.43. The van der Waals surface area contributed by atoms with Gasteiger partial charge in [-0.25, -0.2) is 8.42 Å². The number of nitrogens with one attached hydrogen (secondary N) is 1. The summed E-state index contributed by atoms with van der Waals surface area (Å²) in [6.45, 7) is 7.85.